The van der Waals surface area contributed by atoms with E-state index in [0.29, 0.717) is 29.2 Å². The van der Waals surface area contributed by atoms with Crippen molar-refractivity contribution in [2.75, 3.05) is 5.73 Å². The van der Waals surface area contributed by atoms with Crippen molar-refractivity contribution in [3.63, 3.8) is 0 Å². The zero-order chi connectivity index (χ0) is 23.3. The highest BCUT2D eigenvalue weighted by atomic mass is 19.1. The average Bonchev–Trinajstić information content (AvgIpc) is 2.79. The van der Waals surface area contributed by atoms with Gasteiger partial charge < -0.3 is 11.1 Å². The van der Waals surface area contributed by atoms with Gasteiger partial charge in [-0.15, -0.1) is 0 Å². The second kappa shape index (κ2) is 9.75. The second-order valence-electron chi connectivity index (χ2n) is 7.42. The smallest absolute Gasteiger partial charge is 0.193 e. The van der Waals surface area contributed by atoms with Crippen LogP contribution < -0.4 is 11.1 Å². The average molecular weight is 430 g/mol. The lowest BCUT2D eigenvalue weighted by Crippen LogP contribution is -2.10. The molecule has 1 aromatic carbocycles. The number of halogens is 1. The molecule has 4 N–H and O–H groups in total. The van der Waals surface area contributed by atoms with Gasteiger partial charge in [0.05, 0.1) is 23.9 Å². The normalized spacial score (nSPS) is 11.3. The van der Waals surface area contributed by atoms with Gasteiger partial charge in [0.2, 0.25) is 0 Å². The van der Waals surface area contributed by atoms with Crippen LogP contribution in [0.25, 0.3) is 17.1 Å². The molecule has 0 aliphatic rings. The maximum Gasteiger partial charge on any atom is 0.193 e. The summed E-state index contributed by atoms with van der Waals surface area (Å²) >= 11 is 0. The monoisotopic (exact) mass is 430 g/mol. The quantitative estimate of drug-likeness (QED) is 0.465. The van der Waals surface area contributed by atoms with Crippen LogP contribution in [0.2, 0.25) is 0 Å². The Kier molecular flexibility index (Phi) is 6.85. The maximum absolute atomic E-state index is 14.7. The number of anilines is 1. The van der Waals surface area contributed by atoms with E-state index < -0.39 is 5.82 Å². The summed E-state index contributed by atoms with van der Waals surface area (Å²) in [4.78, 5) is 12.9. The Balaban J connectivity index is 1.94. The van der Waals surface area contributed by atoms with Gasteiger partial charge in [-0.3, -0.25) is 4.98 Å². The lowest BCUT2D eigenvalue weighted by Gasteiger charge is -2.11. The Morgan fingerprint density at radius 2 is 2.00 bits per heavy atom. The predicted octanol–water partition coefficient (Wildman–Crippen LogP) is 4.68. The minimum absolute atomic E-state index is 0.0491. The molecule has 0 fully saturated rings. The molecule has 2 aromatic heterocycles. The topological polar surface area (TPSA) is 137 Å². The molecule has 0 saturated carbocycles. The van der Waals surface area contributed by atoms with Gasteiger partial charge in [-0.1, -0.05) is 32.0 Å². The van der Waals surface area contributed by atoms with Crippen molar-refractivity contribution >= 4 is 11.5 Å². The molecule has 0 aliphatic heterocycles. The van der Waals surface area contributed by atoms with Gasteiger partial charge in [-0.2, -0.15) is 10.4 Å². The van der Waals surface area contributed by atoms with E-state index in [0.717, 1.165) is 11.4 Å². The number of nitrogens with one attached hydrogen (secondary N) is 2. The van der Waals surface area contributed by atoms with E-state index in [4.69, 9.17) is 11.3 Å². The zero-order valence-corrected chi connectivity index (χ0v) is 18.0. The molecule has 0 unspecified atom stereocenters. The zero-order valence-electron chi connectivity index (χ0n) is 18.0. The van der Waals surface area contributed by atoms with E-state index in [1.165, 1.54) is 6.20 Å². The number of hydrogen-bond acceptors (Lipinski definition) is 8. The van der Waals surface area contributed by atoms with Crippen LogP contribution in [0.3, 0.4) is 0 Å². The van der Waals surface area contributed by atoms with Gasteiger partial charge >= 0.3 is 0 Å². The highest BCUT2D eigenvalue weighted by Crippen LogP contribution is 2.27. The summed E-state index contributed by atoms with van der Waals surface area (Å²) in [6.07, 6.45) is 1.39. The Bertz CT molecular complexity index is 1230. The van der Waals surface area contributed by atoms with Gasteiger partial charge in [-0.05, 0) is 36.6 Å². The van der Waals surface area contributed by atoms with E-state index in [1.54, 1.807) is 25.1 Å². The molecule has 0 amide bonds. The molecule has 8 nitrogen and oxygen atoms in total. The molecule has 0 radical (unpaired) electrons. The second-order valence-corrected chi connectivity index (χ2v) is 7.42. The fourth-order valence-corrected chi connectivity index (χ4v) is 3.08. The number of rotatable bonds is 7. The molecule has 32 heavy (non-hydrogen) atoms. The molecule has 0 aliphatic carbocycles. The summed E-state index contributed by atoms with van der Waals surface area (Å²) < 4.78 is 14.7. The summed E-state index contributed by atoms with van der Waals surface area (Å²) in [6, 6.07) is 12.9. The molecule has 3 aromatic rings. The summed E-state index contributed by atoms with van der Waals surface area (Å²) in [5.74, 6) is -0.794. The van der Waals surface area contributed by atoms with Crippen molar-refractivity contribution < 1.29 is 4.39 Å². The van der Waals surface area contributed by atoms with Crippen LogP contribution in [-0.4, -0.2) is 15.0 Å². The molecule has 0 bridgehead atoms. The van der Waals surface area contributed by atoms with Gasteiger partial charge in [0.15, 0.2) is 17.5 Å². The molecule has 9 heteroatoms. The standard InChI is InChI=1S/C23H23FN8/c1-13(2)18-9-5-7-16(29-18)11-28-12-19(32-27)21-20(24)22(26)31-23(30-21)17-8-4-6-15(10-25)14(17)3/h4-9,12-13,27-28H,11H2,1-3H3,(H2,26,30,31)/b19-12-,32-27?. The van der Waals surface area contributed by atoms with Crippen LogP contribution >= 0.6 is 0 Å². The number of nitrogen functional groups attached to an aromatic ring is 1. The van der Waals surface area contributed by atoms with Gasteiger partial charge in [0, 0.05) is 17.5 Å². The third kappa shape index (κ3) is 4.75. The largest absolute Gasteiger partial charge is 0.383 e. The number of nitrogens with zero attached hydrogens (tertiary/aromatic N) is 5. The third-order valence-corrected chi connectivity index (χ3v) is 4.88. The third-order valence-electron chi connectivity index (χ3n) is 4.88. The minimum atomic E-state index is -0.869. The highest BCUT2D eigenvalue weighted by molar-refractivity contribution is 5.69. The predicted molar refractivity (Wildman–Crippen MR) is 120 cm³/mol. The first-order valence-electron chi connectivity index (χ1n) is 9.96. The number of hydrogen-bond donors (Lipinski definition) is 3. The lowest BCUT2D eigenvalue weighted by atomic mass is 10.0. The van der Waals surface area contributed by atoms with Crippen molar-refractivity contribution in [3.8, 4) is 17.5 Å². The van der Waals surface area contributed by atoms with Crippen molar-refractivity contribution in [3.05, 3.63) is 76.6 Å². The molecule has 0 saturated heterocycles. The minimum Gasteiger partial charge on any atom is -0.383 e. The van der Waals surface area contributed by atoms with Gasteiger partial charge in [0.25, 0.3) is 0 Å². The Labute approximate surface area is 185 Å². The first-order valence-corrected chi connectivity index (χ1v) is 9.96. The number of nitriles is 1. The van der Waals surface area contributed by atoms with E-state index in [9.17, 15) is 9.65 Å². The first-order chi connectivity index (χ1) is 15.3. The summed E-state index contributed by atoms with van der Waals surface area (Å²) in [5, 5.41) is 15.7. The van der Waals surface area contributed by atoms with Crippen molar-refractivity contribution in [2.45, 2.75) is 33.2 Å². The van der Waals surface area contributed by atoms with E-state index in [-0.39, 0.29) is 23.0 Å². The SMILES string of the molecule is Cc1c(C#N)cccc1-c1nc(N)c(F)c(/C(=C/NCc2cccc(C(C)C)n2)N=N)n1. The Hall–Kier alpha value is -4.19. The highest BCUT2D eigenvalue weighted by Gasteiger charge is 2.19. The van der Waals surface area contributed by atoms with Crippen molar-refractivity contribution in [1.29, 1.82) is 10.8 Å². The van der Waals surface area contributed by atoms with E-state index in [2.05, 4.69) is 45.3 Å². The molecular weight excluding hydrogens is 407 g/mol. The fraction of sp³-hybridized carbons (Fsp3) is 0.217. The number of pyridine rings is 1. The van der Waals surface area contributed by atoms with Crippen LogP contribution in [-0.2, 0) is 6.54 Å². The van der Waals surface area contributed by atoms with Gasteiger partial charge in [-0.25, -0.2) is 19.9 Å². The summed E-state index contributed by atoms with van der Waals surface area (Å²) in [7, 11) is 0. The fourth-order valence-electron chi connectivity index (χ4n) is 3.08. The molecule has 162 valence electrons. The Morgan fingerprint density at radius 1 is 1.25 bits per heavy atom. The van der Waals surface area contributed by atoms with Crippen LogP contribution in [0, 0.1) is 29.6 Å². The van der Waals surface area contributed by atoms with Crippen molar-refractivity contribution in [1.82, 2.24) is 20.3 Å². The molecule has 3 rings (SSSR count). The number of benzene rings is 1. The molecular formula is C23H23FN8. The Morgan fingerprint density at radius 3 is 2.69 bits per heavy atom. The van der Waals surface area contributed by atoms with E-state index >= 15 is 0 Å². The van der Waals surface area contributed by atoms with Crippen LogP contribution in [0.5, 0.6) is 0 Å². The number of nitrogens with two attached hydrogens (primary N) is 1. The van der Waals surface area contributed by atoms with Crippen molar-refractivity contribution in [2.24, 2.45) is 5.11 Å². The maximum atomic E-state index is 14.7. The van der Waals surface area contributed by atoms with Crippen LogP contribution in [0.4, 0.5) is 10.2 Å². The molecule has 0 spiro atoms. The number of aromatic nitrogens is 3. The van der Waals surface area contributed by atoms with E-state index in [1.807, 2.05) is 18.2 Å². The first kappa shape index (κ1) is 22.5. The summed E-state index contributed by atoms with van der Waals surface area (Å²) in [6.45, 7) is 6.23. The van der Waals surface area contributed by atoms with Gasteiger partial charge in [0.1, 0.15) is 11.4 Å². The van der Waals surface area contributed by atoms with Crippen LogP contribution in [0.15, 0.2) is 47.7 Å². The van der Waals surface area contributed by atoms with Crippen LogP contribution in [0.1, 0.15) is 48.0 Å². The molecule has 0 atom stereocenters. The lowest BCUT2D eigenvalue weighted by molar-refractivity contribution is 0.614. The molecule has 2 heterocycles. The summed E-state index contributed by atoms with van der Waals surface area (Å²) in [5.41, 5.74) is 16.4.